The predicted octanol–water partition coefficient (Wildman–Crippen LogP) is 2.97. The Hall–Kier alpha value is -1.58. The quantitative estimate of drug-likeness (QED) is 0.541. The Balaban J connectivity index is 2.49. The number of carbonyl (C=O) groups excluding carboxylic acids is 2. The van der Waals surface area contributed by atoms with Crippen LogP contribution >= 0.6 is 0 Å². The second-order valence-electron chi connectivity index (χ2n) is 3.98. The first-order valence-electron chi connectivity index (χ1n) is 5.90. The van der Waals surface area contributed by atoms with Gasteiger partial charge in [0.05, 0.1) is 6.26 Å². The lowest BCUT2D eigenvalue weighted by atomic mass is 10.1. The first-order chi connectivity index (χ1) is 8.15. The summed E-state index contributed by atoms with van der Waals surface area (Å²) in [4.78, 5) is 22.9. The van der Waals surface area contributed by atoms with Crippen molar-refractivity contribution >= 4 is 11.8 Å². The minimum atomic E-state index is -0.654. The molecule has 1 heterocycles. The molecule has 0 spiro atoms. The second-order valence-corrected chi connectivity index (χ2v) is 3.98. The standard InChI is InChI=1S/C13H18O4/c1-3-4-5-7-11(10(2)14)17-13(15)12-8-6-9-16-12/h6,8-9,11H,3-5,7H2,1-2H3. The third-order valence-electron chi connectivity index (χ3n) is 2.49. The molecule has 1 aromatic heterocycles. The zero-order valence-electron chi connectivity index (χ0n) is 10.3. The van der Waals surface area contributed by atoms with Crippen LogP contribution in [0.3, 0.4) is 0 Å². The van der Waals surface area contributed by atoms with Crippen LogP contribution < -0.4 is 0 Å². The van der Waals surface area contributed by atoms with Crippen LogP contribution in [0.15, 0.2) is 22.8 Å². The van der Waals surface area contributed by atoms with Gasteiger partial charge in [-0.05, 0) is 31.9 Å². The molecule has 4 heteroatoms. The molecule has 0 aliphatic carbocycles. The number of hydrogen-bond acceptors (Lipinski definition) is 4. The van der Waals surface area contributed by atoms with Gasteiger partial charge in [0.2, 0.25) is 5.76 Å². The first kappa shape index (κ1) is 13.5. The van der Waals surface area contributed by atoms with Crippen LogP contribution in [0.25, 0.3) is 0 Å². The summed E-state index contributed by atoms with van der Waals surface area (Å²) in [5.41, 5.74) is 0. The number of unbranched alkanes of at least 4 members (excludes halogenated alkanes) is 2. The highest BCUT2D eigenvalue weighted by atomic mass is 16.6. The maximum atomic E-state index is 11.6. The fraction of sp³-hybridized carbons (Fsp3) is 0.538. The molecule has 17 heavy (non-hydrogen) atoms. The normalized spacial score (nSPS) is 12.1. The molecule has 0 aliphatic heterocycles. The van der Waals surface area contributed by atoms with E-state index < -0.39 is 12.1 Å². The third kappa shape index (κ3) is 4.43. The Bertz CT molecular complexity index is 354. The van der Waals surface area contributed by atoms with Crippen LogP contribution in [0.2, 0.25) is 0 Å². The molecule has 4 nitrogen and oxygen atoms in total. The maximum Gasteiger partial charge on any atom is 0.374 e. The number of hydrogen-bond donors (Lipinski definition) is 0. The van der Waals surface area contributed by atoms with E-state index >= 15 is 0 Å². The monoisotopic (exact) mass is 238 g/mol. The molecule has 0 bridgehead atoms. The lowest BCUT2D eigenvalue weighted by molar-refractivity contribution is -0.126. The van der Waals surface area contributed by atoms with E-state index in [-0.39, 0.29) is 11.5 Å². The zero-order valence-corrected chi connectivity index (χ0v) is 10.3. The van der Waals surface area contributed by atoms with Crippen LogP contribution in [0.4, 0.5) is 0 Å². The molecule has 1 rings (SSSR count). The summed E-state index contributed by atoms with van der Waals surface area (Å²) >= 11 is 0. The van der Waals surface area contributed by atoms with Crippen molar-refractivity contribution in [3.05, 3.63) is 24.2 Å². The van der Waals surface area contributed by atoms with Gasteiger partial charge in [0.15, 0.2) is 11.9 Å². The molecule has 0 saturated carbocycles. The fourth-order valence-electron chi connectivity index (χ4n) is 1.51. The van der Waals surface area contributed by atoms with E-state index in [1.54, 1.807) is 6.07 Å². The van der Waals surface area contributed by atoms with Crippen molar-refractivity contribution < 1.29 is 18.7 Å². The summed E-state index contributed by atoms with van der Waals surface area (Å²) in [6.45, 7) is 3.52. The lowest BCUT2D eigenvalue weighted by Crippen LogP contribution is -2.25. The Kier molecular flexibility index (Phi) is 5.46. The number of Topliss-reactive ketones (excluding diaryl/α,β-unsaturated/α-hetero) is 1. The molecular formula is C13H18O4. The predicted molar refractivity (Wildman–Crippen MR) is 62.7 cm³/mol. The Morgan fingerprint density at radius 1 is 1.41 bits per heavy atom. The second kappa shape index (κ2) is 6.89. The van der Waals surface area contributed by atoms with E-state index in [1.807, 2.05) is 0 Å². The van der Waals surface area contributed by atoms with Gasteiger partial charge < -0.3 is 9.15 Å². The molecular weight excluding hydrogens is 220 g/mol. The Labute approximate surface area is 101 Å². The average molecular weight is 238 g/mol. The van der Waals surface area contributed by atoms with E-state index in [0.29, 0.717) is 6.42 Å². The van der Waals surface area contributed by atoms with E-state index in [1.165, 1.54) is 19.3 Å². The van der Waals surface area contributed by atoms with E-state index in [9.17, 15) is 9.59 Å². The minimum Gasteiger partial charge on any atom is -0.457 e. The van der Waals surface area contributed by atoms with Gasteiger partial charge in [0.1, 0.15) is 0 Å². The van der Waals surface area contributed by atoms with Gasteiger partial charge in [-0.25, -0.2) is 4.79 Å². The third-order valence-corrected chi connectivity index (χ3v) is 2.49. The number of carbonyl (C=O) groups is 2. The van der Waals surface area contributed by atoms with Crippen molar-refractivity contribution in [2.75, 3.05) is 0 Å². The Morgan fingerprint density at radius 2 is 2.18 bits per heavy atom. The van der Waals surface area contributed by atoms with Crippen molar-refractivity contribution in [3.63, 3.8) is 0 Å². The highest BCUT2D eigenvalue weighted by Gasteiger charge is 2.21. The molecule has 0 saturated heterocycles. The maximum absolute atomic E-state index is 11.6. The largest absolute Gasteiger partial charge is 0.457 e. The van der Waals surface area contributed by atoms with Gasteiger partial charge in [0, 0.05) is 0 Å². The van der Waals surface area contributed by atoms with Gasteiger partial charge in [-0.2, -0.15) is 0 Å². The van der Waals surface area contributed by atoms with Crippen molar-refractivity contribution in [2.45, 2.75) is 45.6 Å². The molecule has 1 unspecified atom stereocenters. The van der Waals surface area contributed by atoms with Crippen LogP contribution in [-0.2, 0) is 9.53 Å². The summed E-state index contributed by atoms with van der Waals surface area (Å²) in [6.07, 6.45) is 4.30. The first-order valence-corrected chi connectivity index (χ1v) is 5.90. The molecule has 0 aromatic carbocycles. The zero-order chi connectivity index (χ0) is 12.7. The molecule has 94 valence electrons. The summed E-state index contributed by atoms with van der Waals surface area (Å²) in [7, 11) is 0. The van der Waals surface area contributed by atoms with Gasteiger partial charge in [0.25, 0.3) is 0 Å². The average Bonchev–Trinajstić information content (AvgIpc) is 2.81. The number of esters is 1. The Morgan fingerprint density at radius 3 is 2.71 bits per heavy atom. The molecule has 1 atom stereocenters. The van der Waals surface area contributed by atoms with Crippen molar-refractivity contribution in [3.8, 4) is 0 Å². The van der Waals surface area contributed by atoms with Crippen LogP contribution in [0.5, 0.6) is 0 Å². The van der Waals surface area contributed by atoms with Crippen LogP contribution in [0, 0.1) is 0 Å². The van der Waals surface area contributed by atoms with Crippen LogP contribution in [0.1, 0.15) is 50.1 Å². The summed E-state index contributed by atoms with van der Waals surface area (Å²) in [6, 6.07) is 3.13. The van der Waals surface area contributed by atoms with Crippen molar-refractivity contribution in [1.82, 2.24) is 0 Å². The van der Waals surface area contributed by atoms with Gasteiger partial charge in [-0.3, -0.25) is 4.79 Å². The highest BCUT2D eigenvalue weighted by molar-refractivity contribution is 5.90. The molecule has 1 aromatic rings. The highest BCUT2D eigenvalue weighted by Crippen LogP contribution is 2.11. The van der Waals surface area contributed by atoms with Gasteiger partial charge in [-0.15, -0.1) is 0 Å². The minimum absolute atomic E-state index is 0.124. The number of rotatable bonds is 7. The summed E-state index contributed by atoms with van der Waals surface area (Å²) in [5, 5.41) is 0. The van der Waals surface area contributed by atoms with Crippen LogP contribution in [-0.4, -0.2) is 17.9 Å². The number of furan rings is 1. The number of ether oxygens (including phenoxy) is 1. The van der Waals surface area contributed by atoms with E-state index in [0.717, 1.165) is 19.3 Å². The molecule has 0 radical (unpaired) electrons. The van der Waals surface area contributed by atoms with Crippen molar-refractivity contribution in [1.29, 1.82) is 0 Å². The lowest BCUT2D eigenvalue weighted by Gasteiger charge is -2.13. The smallest absolute Gasteiger partial charge is 0.374 e. The molecule has 0 N–H and O–H groups in total. The van der Waals surface area contributed by atoms with Crippen molar-refractivity contribution in [2.24, 2.45) is 0 Å². The molecule has 0 amide bonds. The summed E-state index contributed by atoms with van der Waals surface area (Å²) in [5.74, 6) is -0.570. The van der Waals surface area contributed by atoms with E-state index in [4.69, 9.17) is 9.15 Å². The summed E-state index contributed by atoms with van der Waals surface area (Å²) < 4.78 is 10.0. The SMILES string of the molecule is CCCCCC(OC(=O)c1ccco1)C(C)=O. The molecule has 0 aliphatic rings. The van der Waals surface area contributed by atoms with E-state index in [2.05, 4.69) is 6.92 Å². The van der Waals surface area contributed by atoms with Gasteiger partial charge >= 0.3 is 5.97 Å². The van der Waals surface area contributed by atoms with Gasteiger partial charge in [-0.1, -0.05) is 19.8 Å². The number of ketones is 1. The fourth-order valence-corrected chi connectivity index (χ4v) is 1.51. The molecule has 0 fully saturated rings. The topological polar surface area (TPSA) is 56.5 Å².